The fourth-order valence-electron chi connectivity index (χ4n) is 1.94. The van der Waals surface area contributed by atoms with E-state index in [9.17, 15) is 0 Å². The molecule has 2 aromatic rings. The van der Waals surface area contributed by atoms with Crippen molar-refractivity contribution in [3.05, 3.63) is 23.8 Å². The van der Waals surface area contributed by atoms with Crippen molar-refractivity contribution in [2.24, 2.45) is 0 Å². The van der Waals surface area contributed by atoms with E-state index >= 15 is 0 Å². The molecule has 0 bridgehead atoms. The molecule has 7 heteroatoms. The Balaban J connectivity index is 1.91. The maximum Gasteiger partial charge on any atom is 0.134 e. The summed E-state index contributed by atoms with van der Waals surface area (Å²) in [7, 11) is 0. The summed E-state index contributed by atoms with van der Waals surface area (Å²) in [6.45, 7) is 8.52. The highest BCUT2D eigenvalue weighted by atomic mass is 15.4. The molecule has 0 radical (unpaired) electrons. The molecule has 7 nitrogen and oxygen atoms in total. The zero-order chi connectivity index (χ0) is 14.4. The third kappa shape index (κ3) is 3.66. The van der Waals surface area contributed by atoms with Crippen LogP contribution in [0, 0.1) is 13.8 Å². The zero-order valence-corrected chi connectivity index (χ0v) is 12.2. The number of hydrogen-bond donors (Lipinski definition) is 2. The quantitative estimate of drug-likeness (QED) is 0.747. The van der Waals surface area contributed by atoms with E-state index in [2.05, 4.69) is 37.8 Å². The van der Waals surface area contributed by atoms with Gasteiger partial charge in [0.2, 0.25) is 0 Å². The Hall–Kier alpha value is -2.18. The Labute approximate surface area is 118 Å². The van der Waals surface area contributed by atoms with Gasteiger partial charge in [-0.1, -0.05) is 5.21 Å². The van der Waals surface area contributed by atoms with Crippen molar-refractivity contribution in [3.63, 3.8) is 0 Å². The lowest BCUT2D eigenvalue weighted by molar-refractivity contribution is 0.569. The predicted molar refractivity (Wildman–Crippen MR) is 78.8 cm³/mol. The third-order valence-electron chi connectivity index (χ3n) is 2.93. The van der Waals surface area contributed by atoms with E-state index in [4.69, 9.17) is 0 Å². The highest BCUT2D eigenvalue weighted by Gasteiger charge is 2.07. The maximum absolute atomic E-state index is 4.45. The lowest BCUT2D eigenvalue weighted by atomic mass is 10.3. The predicted octanol–water partition coefficient (Wildman–Crippen LogP) is 1.62. The highest BCUT2D eigenvalue weighted by molar-refractivity contribution is 5.57. The van der Waals surface area contributed by atoms with Crippen LogP contribution >= 0.6 is 0 Å². The van der Waals surface area contributed by atoms with Crippen LogP contribution in [-0.4, -0.2) is 38.1 Å². The first kappa shape index (κ1) is 14.2. The first-order chi connectivity index (χ1) is 9.70. The number of nitrogens with zero attached hydrogens (tertiary/aromatic N) is 5. The normalized spacial score (nSPS) is 10.6. The fraction of sp³-hybridized carbons (Fsp3) is 0.538. The monoisotopic (exact) mass is 275 g/mol. The zero-order valence-electron chi connectivity index (χ0n) is 12.2. The van der Waals surface area contributed by atoms with Crippen molar-refractivity contribution in [2.45, 2.75) is 33.7 Å². The molecule has 0 atom stereocenters. The molecule has 0 aromatic carbocycles. The van der Waals surface area contributed by atoms with E-state index in [1.807, 2.05) is 24.7 Å². The Kier molecular flexibility index (Phi) is 4.86. The van der Waals surface area contributed by atoms with Crippen molar-refractivity contribution in [2.75, 3.05) is 23.7 Å². The second kappa shape index (κ2) is 6.83. The van der Waals surface area contributed by atoms with Crippen LogP contribution in [0.1, 0.15) is 24.7 Å². The van der Waals surface area contributed by atoms with Gasteiger partial charge in [0.1, 0.15) is 17.5 Å². The SMILES string of the molecule is CCNc1nc(C)nc(NCCCn2ccnn2)c1C. The number of rotatable bonds is 7. The molecule has 0 amide bonds. The van der Waals surface area contributed by atoms with Gasteiger partial charge in [-0.25, -0.2) is 9.97 Å². The molecule has 2 N–H and O–H groups in total. The molecule has 0 aliphatic rings. The van der Waals surface area contributed by atoms with Crippen molar-refractivity contribution in [3.8, 4) is 0 Å². The summed E-state index contributed by atoms with van der Waals surface area (Å²) in [5, 5.41) is 14.3. The van der Waals surface area contributed by atoms with Crippen molar-refractivity contribution in [1.29, 1.82) is 0 Å². The third-order valence-corrected chi connectivity index (χ3v) is 2.93. The lowest BCUT2D eigenvalue weighted by Gasteiger charge is -2.13. The molecule has 2 heterocycles. The molecule has 0 saturated heterocycles. The Bertz CT molecular complexity index is 536. The summed E-state index contributed by atoms with van der Waals surface area (Å²) in [5.74, 6) is 2.57. The number of hydrogen-bond acceptors (Lipinski definition) is 6. The summed E-state index contributed by atoms with van der Waals surface area (Å²) in [5.41, 5.74) is 1.05. The van der Waals surface area contributed by atoms with Crippen molar-refractivity contribution in [1.82, 2.24) is 25.0 Å². The summed E-state index contributed by atoms with van der Waals surface area (Å²) < 4.78 is 1.82. The van der Waals surface area contributed by atoms with Gasteiger partial charge in [0, 0.05) is 31.4 Å². The summed E-state index contributed by atoms with van der Waals surface area (Å²) in [6.07, 6.45) is 4.51. The van der Waals surface area contributed by atoms with Gasteiger partial charge in [-0.3, -0.25) is 4.68 Å². The first-order valence-corrected chi connectivity index (χ1v) is 6.87. The minimum Gasteiger partial charge on any atom is -0.370 e. The van der Waals surface area contributed by atoms with E-state index in [0.29, 0.717) is 0 Å². The van der Waals surface area contributed by atoms with Gasteiger partial charge >= 0.3 is 0 Å². The van der Waals surface area contributed by atoms with Gasteiger partial charge in [0.15, 0.2) is 0 Å². The smallest absolute Gasteiger partial charge is 0.134 e. The topological polar surface area (TPSA) is 80.5 Å². The molecular weight excluding hydrogens is 254 g/mol. The van der Waals surface area contributed by atoms with E-state index in [1.165, 1.54) is 0 Å². The van der Waals surface area contributed by atoms with Crippen molar-refractivity contribution < 1.29 is 0 Å². The first-order valence-electron chi connectivity index (χ1n) is 6.87. The van der Waals surface area contributed by atoms with Crippen LogP contribution in [0.5, 0.6) is 0 Å². The minimum absolute atomic E-state index is 0.769. The van der Waals surface area contributed by atoms with Gasteiger partial charge < -0.3 is 10.6 Å². The lowest BCUT2D eigenvalue weighted by Crippen LogP contribution is -2.12. The van der Waals surface area contributed by atoms with Gasteiger partial charge in [-0.2, -0.15) is 0 Å². The maximum atomic E-state index is 4.45. The molecule has 0 fully saturated rings. The van der Waals surface area contributed by atoms with Crippen LogP contribution in [0.4, 0.5) is 11.6 Å². The summed E-state index contributed by atoms with van der Waals surface area (Å²) in [6, 6.07) is 0. The standard InChI is InChI=1S/C13H21N7/c1-4-14-12-10(2)13(18-11(3)17-12)15-6-5-8-20-9-7-16-19-20/h7,9H,4-6,8H2,1-3H3,(H2,14,15,17,18). The molecule has 20 heavy (non-hydrogen) atoms. The largest absolute Gasteiger partial charge is 0.370 e. The van der Waals surface area contributed by atoms with Crippen LogP contribution in [0.2, 0.25) is 0 Å². The summed E-state index contributed by atoms with van der Waals surface area (Å²) >= 11 is 0. The van der Waals surface area contributed by atoms with Gasteiger partial charge in [0.25, 0.3) is 0 Å². The van der Waals surface area contributed by atoms with E-state index < -0.39 is 0 Å². The second-order valence-electron chi connectivity index (χ2n) is 4.57. The van der Waals surface area contributed by atoms with Crippen LogP contribution in [0.25, 0.3) is 0 Å². The molecule has 0 saturated carbocycles. The van der Waals surface area contributed by atoms with Crippen LogP contribution in [-0.2, 0) is 6.54 Å². The summed E-state index contributed by atoms with van der Waals surface area (Å²) in [4.78, 5) is 8.86. The van der Waals surface area contributed by atoms with Gasteiger partial charge in [-0.15, -0.1) is 5.10 Å². The van der Waals surface area contributed by atoms with Crippen LogP contribution in [0.15, 0.2) is 12.4 Å². The number of aryl methyl sites for hydroxylation is 2. The van der Waals surface area contributed by atoms with Crippen LogP contribution in [0.3, 0.4) is 0 Å². The van der Waals surface area contributed by atoms with E-state index in [1.54, 1.807) is 6.20 Å². The van der Waals surface area contributed by atoms with Gasteiger partial charge in [0.05, 0.1) is 6.20 Å². The molecule has 2 rings (SSSR count). The Morgan fingerprint density at radius 3 is 2.55 bits per heavy atom. The molecule has 0 unspecified atom stereocenters. The molecule has 0 aliphatic heterocycles. The average Bonchev–Trinajstić information content (AvgIpc) is 2.93. The number of aromatic nitrogens is 5. The molecular formula is C13H21N7. The molecule has 2 aromatic heterocycles. The van der Waals surface area contributed by atoms with Crippen LogP contribution < -0.4 is 10.6 Å². The highest BCUT2D eigenvalue weighted by Crippen LogP contribution is 2.19. The second-order valence-corrected chi connectivity index (χ2v) is 4.57. The van der Waals surface area contributed by atoms with E-state index in [0.717, 1.165) is 49.1 Å². The molecule has 0 aliphatic carbocycles. The van der Waals surface area contributed by atoms with Gasteiger partial charge in [-0.05, 0) is 27.2 Å². The molecule has 108 valence electrons. The fourth-order valence-corrected chi connectivity index (χ4v) is 1.94. The Morgan fingerprint density at radius 2 is 1.90 bits per heavy atom. The average molecular weight is 275 g/mol. The Morgan fingerprint density at radius 1 is 1.15 bits per heavy atom. The minimum atomic E-state index is 0.769. The van der Waals surface area contributed by atoms with Crippen molar-refractivity contribution >= 4 is 11.6 Å². The number of anilines is 2. The molecule has 0 spiro atoms. The number of nitrogens with one attached hydrogen (secondary N) is 2. The van der Waals surface area contributed by atoms with E-state index in [-0.39, 0.29) is 0 Å².